The first kappa shape index (κ1) is 17.0. The summed E-state index contributed by atoms with van der Waals surface area (Å²) < 4.78 is 8.38. The number of allylic oxidation sites excluding steroid dienone is 2. The number of nitrogens with zero attached hydrogens (tertiary/aromatic N) is 5. The van der Waals surface area contributed by atoms with Crippen LogP contribution >= 0.6 is 0 Å². The summed E-state index contributed by atoms with van der Waals surface area (Å²) in [5.74, 6) is -0.266. The first-order valence-corrected chi connectivity index (χ1v) is 8.78. The van der Waals surface area contributed by atoms with Crippen LogP contribution in [0, 0.1) is 17.2 Å². The third-order valence-corrected chi connectivity index (χ3v) is 5.06. The highest BCUT2D eigenvalue weighted by Gasteiger charge is 2.24. The van der Waals surface area contributed by atoms with Crippen LogP contribution in [0.15, 0.2) is 36.9 Å². The Morgan fingerprint density at radius 3 is 2.78 bits per heavy atom. The second-order valence-electron chi connectivity index (χ2n) is 6.73. The summed E-state index contributed by atoms with van der Waals surface area (Å²) in [6.07, 6.45) is 11.5. The van der Waals surface area contributed by atoms with E-state index in [9.17, 15) is 10.1 Å². The standard InChI is InChI=1S/C20H19N5O2/c1-24-11-17(10-22-24)15-7-18(19-16(8-21)9-23-25(19)12-15)13-3-5-14(6-4-13)20(26)27-2/h3,7,9-12,14H,4-6H2,1-2H3. The zero-order valence-corrected chi connectivity index (χ0v) is 15.2. The number of aromatic nitrogens is 4. The molecule has 0 radical (unpaired) electrons. The van der Waals surface area contributed by atoms with Crippen LogP contribution in [0.1, 0.15) is 30.4 Å². The predicted octanol–water partition coefficient (Wildman–Crippen LogP) is 2.96. The SMILES string of the molecule is COC(=O)C1CC=C(c2cc(-c3cnn(C)c3)cn3ncc(C#N)c23)CC1. The summed E-state index contributed by atoms with van der Waals surface area (Å²) in [5, 5.41) is 18.1. The molecule has 7 nitrogen and oxygen atoms in total. The van der Waals surface area contributed by atoms with Crippen molar-refractivity contribution in [1.29, 1.82) is 5.26 Å². The lowest BCUT2D eigenvalue weighted by Crippen LogP contribution is -2.18. The van der Waals surface area contributed by atoms with Crippen LogP contribution in [0.3, 0.4) is 0 Å². The molecule has 136 valence electrons. The smallest absolute Gasteiger partial charge is 0.308 e. The van der Waals surface area contributed by atoms with Gasteiger partial charge in [-0.05, 0) is 30.9 Å². The Labute approximate surface area is 156 Å². The summed E-state index contributed by atoms with van der Waals surface area (Å²) >= 11 is 0. The van der Waals surface area contributed by atoms with Crippen LogP contribution in [0.4, 0.5) is 0 Å². The molecule has 0 aromatic carbocycles. The van der Waals surface area contributed by atoms with Gasteiger partial charge in [0.1, 0.15) is 6.07 Å². The highest BCUT2D eigenvalue weighted by Crippen LogP contribution is 2.35. The Morgan fingerprint density at radius 2 is 2.15 bits per heavy atom. The normalized spacial score (nSPS) is 16.8. The molecule has 3 heterocycles. The molecule has 0 fully saturated rings. The molecule has 0 saturated heterocycles. The van der Waals surface area contributed by atoms with E-state index in [1.807, 2.05) is 25.6 Å². The van der Waals surface area contributed by atoms with E-state index in [0.29, 0.717) is 12.0 Å². The fourth-order valence-electron chi connectivity index (χ4n) is 3.64. The van der Waals surface area contributed by atoms with E-state index in [1.165, 1.54) is 7.11 Å². The number of methoxy groups -OCH3 is 1. The minimum absolute atomic E-state index is 0.100. The van der Waals surface area contributed by atoms with Crippen molar-refractivity contribution in [3.8, 4) is 17.2 Å². The molecular formula is C20H19N5O2. The van der Waals surface area contributed by atoms with Gasteiger partial charge in [-0.25, -0.2) is 4.52 Å². The average molecular weight is 361 g/mol. The Balaban J connectivity index is 1.83. The van der Waals surface area contributed by atoms with Gasteiger partial charge in [-0.3, -0.25) is 9.48 Å². The van der Waals surface area contributed by atoms with Gasteiger partial charge in [0.15, 0.2) is 0 Å². The van der Waals surface area contributed by atoms with Gasteiger partial charge in [0.2, 0.25) is 0 Å². The first-order valence-electron chi connectivity index (χ1n) is 8.78. The van der Waals surface area contributed by atoms with Gasteiger partial charge in [0, 0.05) is 36.1 Å². The maximum Gasteiger partial charge on any atom is 0.308 e. The van der Waals surface area contributed by atoms with Gasteiger partial charge in [-0.15, -0.1) is 0 Å². The third kappa shape index (κ3) is 2.99. The summed E-state index contributed by atoms with van der Waals surface area (Å²) in [6.45, 7) is 0. The number of ether oxygens (including phenoxy) is 1. The van der Waals surface area contributed by atoms with Crippen molar-refractivity contribution >= 4 is 17.1 Å². The van der Waals surface area contributed by atoms with E-state index in [0.717, 1.165) is 40.6 Å². The van der Waals surface area contributed by atoms with E-state index >= 15 is 0 Å². The second-order valence-corrected chi connectivity index (χ2v) is 6.73. The summed E-state index contributed by atoms with van der Waals surface area (Å²) in [4.78, 5) is 11.8. The molecule has 1 aliphatic carbocycles. The lowest BCUT2D eigenvalue weighted by atomic mass is 9.85. The van der Waals surface area contributed by atoms with Gasteiger partial charge in [-0.1, -0.05) is 6.08 Å². The van der Waals surface area contributed by atoms with Crippen LogP contribution in [-0.4, -0.2) is 32.5 Å². The molecule has 3 aromatic rings. The number of hydrogen-bond acceptors (Lipinski definition) is 5. The molecule has 1 aliphatic rings. The predicted molar refractivity (Wildman–Crippen MR) is 99.4 cm³/mol. The molecule has 1 unspecified atom stereocenters. The lowest BCUT2D eigenvalue weighted by molar-refractivity contribution is -0.145. The molecule has 0 N–H and O–H groups in total. The van der Waals surface area contributed by atoms with E-state index < -0.39 is 0 Å². The van der Waals surface area contributed by atoms with Crippen LogP contribution in [-0.2, 0) is 16.6 Å². The van der Waals surface area contributed by atoms with Crippen LogP contribution in [0.2, 0.25) is 0 Å². The molecule has 0 amide bonds. The van der Waals surface area contributed by atoms with Gasteiger partial charge in [0.05, 0.1) is 36.5 Å². The second kappa shape index (κ2) is 6.72. The van der Waals surface area contributed by atoms with Crippen molar-refractivity contribution in [3.63, 3.8) is 0 Å². The van der Waals surface area contributed by atoms with Crippen molar-refractivity contribution in [1.82, 2.24) is 19.4 Å². The first-order chi connectivity index (χ1) is 13.1. The zero-order chi connectivity index (χ0) is 19.0. The number of carbonyl (C=O) groups excluding carboxylic acids is 1. The largest absolute Gasteiger partial charge is 0.469 e. The number of pyridine rings is 1. The maximum absolute atomic E-state index is 11.8. The molecular weight excluding hydrogens is 342 g/mol. The average Bonchev–Trinajstić information content (AvgIpc) is 3.32. The summed E-state index contributed by atoms with van der Waals surface area (Å²) in [7, 11) is 3.30. The molecule has 27 heavy (non-hydrogen) atoms. The number of rotatable bonds is 3. The molecule has 7 heteroatoms. The van der Waals surface area contributed by atoms with E-state index in [-0.39, 0.29) is 11.9 Å². The minimum atomic E-state index is -0.165. The quantitative estimate of drug-likeness (QED) is 0.670. The van der Waals surface area contributed by atoms with E-state index in [4.69, 9.17) is 4.74 Å². The monoisotopic (exact) mass is 361 g/mol. The molecule has 0 spiro atoms. The third-order valence-electron chi connectivity index (χ3n) is 5.06. The molecule has 3 aromatic heterocycles. The highest BCUT2D eigenvalue weighted by molar-refractivity contribution is 5.86. The van der Waals surface area contributed by atoms with Crippen molar-refractivity contribution in [3.05, 3.63) is 48.1 Å². The lowest BCUT2D eigenvalue weighted by Gasteiger charge is -2.21. The van der Waals surface area contributed by atoms with Crippen LogP contribution < -0.4 is 0 Å². The molecule has 4 rings (SSSR count). The molecule has 1 atom stereocenters. The van der Waals surface area contributed by atoms with Crippen LogP contribution in [0.5, 0.6) is 0 Å². The molecule has 0 saturated carbocycles. The zero-order valence-electron chi connectivity index (χ0n) is 15.2. The summed E-state index contributed by atoms with van der Waals surface area (Å²) in [6, 6.07) is 4.31. The van der Waals surface area contributed by atoms with E-state index in [2.05, 4.69) is 28.4 Å². The van der Waals surface area contributed by atoms with Gasteiger partial charge < -0.3 is 4.74 Å². The number of aryl methyl sites for hydroxylation is 1. The highest BCUT2D eigenvalue weighted by atomic mass is 16.5. The number of nitriles is 1. The van der Waals surface area contributed by atoms with Crippen molar-refractivity contribution in [2.45, 2.75) is 19.3 Å². The summed E-state index contributed by atoms with van der Waals surface area (Å²) in [5.41, 5.74) is 5.41. The Bertz CT molecular complexity index is 1100. The van der Waals surface area contributed by atoms with Crippen molar-refractivity contribution in [2.75, 3.05) is 7.11 Å². The number of esters is 1. The molecule has 0 aliphatic heterocycles. The minimum Gasteiger partial charge on any atom is -0.469 e. The number of carbonyl (C=O) groups is 1. The van der Waals surface area contributed by atoms with Gasteiger partial charge >= 0.3 is 5.97 Å². The van der Waals surface area contributed by atoms with E-state index in [1.54, 1.807) is 15.4 Å². The Morgan fingerprint density at radius 1 is 1.30 bits per heavy atom. The topological polar surface area (TPSA) is 85.2 Å². The van der Waals surface area contributed by atoms with Gasteiger partial charge in [0.25, 0.3) is 0 Å². The Hall–Kier alpha value is -3.40. The maximum atomic E-state index is 11.8. The molecule has 0 bridgehead atoms. The fourth-order valence-corrected chi connectivity index (χ4v) is 3.64. The van der Waals surface area contributed by atoms with Gasteiger partial charge in [-0.2, -0.15) is 15.5 Å². The number of hydrogen-bond donors (Lipinski definition) is 0. The van der Waals surface area contributed by atoms with Crippen LogP contribution in [0.25, 0.3) is 22.2 Å². The van der Waals surface area contributed by atoms with Crippen molar-refractivity contribution in [2.24, 2.45) is 13.0 Å². The Kier molecular flexibility index (Phi) is 4.24. The fraction of sp³-hybridized carbons (Fsp3) is 0.300. The number of fused-ring (bicyclic) bond motifs is 1. The van der Waals surface area contributed by atoms with Crippen molar-refractivity contribution < 1.29 is 9.53 Å².